The standard InChI is InChI=1S/C12H20N4/c1-11(2)16-7-5-15(6-8-16)9-12-3-4-13-10-14-12/h3-4,10-11H,5-9H2,1-2H3. The minimum Gasteiger partial charge on any atom is -0.298 e. The molecular weight excluding hydrogens is 200 g/mol. The normalized spacial score (nSPS) is 19.2. The van der Waals surface area contributed by atoms with Crippen LogP contribution >= 0.6 is 0 Å². The van der Waals surface area contributed by atoms with E-state index in [0.717, 1.165) is 25.3 Å². The van der Waals surface area contributed by atoms with Crippen molar-refractivity contribution < 1.29 is 0 Å². The van der Waals surface area contributed by atoms with Crippen molar-refractivity contribution >= 4 is 0 Å². The molecule has 0 aliphatic carbocycles. The fourth-order valence-corrected chi connectivity index (χ4v) is 2.08. The Kier molecular flexibility index (Phi) is 3.85. The van der Waals surface area contributed by atoms with E-state index in [0.29, 0.717) is 6.04 Å². The summed E-state index contributed by atoms with van der Waals surface area (Å²) in [5, 5.41) is 0. The second-order valence-corrected chi connectivity index (χ2v) is 4.61. The Morgan fingerprint density at radius 2 is 2.00 bits per heavy atom. The molecule has 1 aromatic heterocycles. The quantitative estimate of drug-likeness (QED) is 0.761. The van der Waals surface area contributed by atoms with Gasteiger partial charge in [0.05, 0.1) is 5.69 Å². The third kappa shape index (κ3) is 3.00. The number of hydrogen-bond donors (Lipinski definition) is 0. The molecule has 2 heterocycles. The van der Waals surface area contributed by atoms with Crippen molar-refractivity contribution in [3.05, 3.63) is 24.3 Å². The van der Waals surface area contributed by atoms with E-state index in [1.807, 2.05) is 12.3 Å². The van der Waals surface area contributed by atoms with E-state index in [-0.39, 0.29) is 0 Å². The lowest BCUT2D eigenvalue weighted by Crippen LogP contribution is -2.48. The predicted molar refractivity (Wildman–Crippen MR) is 64.0 cm³/mol. The largest absolute Gasteiger partial charge is 0.298 e. The molecule has 88 valence electrons. The Labute approximate surface area is 97.3 Å². The third-order valence-corrected chi connectivity index (χ3v) is 3.17. The summed E-state index contributed by atoms with van der Waals surface area (Å²) in [6.07, 6.45) is 3.44. The first-order valence-corrected chi connectivity index (χ1v) is 5.97. The van der Waals surface area contributed by atoms with Gasteiger partial charge in [-0.05, 0) is 19.9 Å². The summed E-state index contributed by atoms with van der Waals surface area (Å²) in [7, 11) is 0. The Balaban J connectivity index is 1.82. The van der Waals surface area contributed by atoms with Crippen LogP contribution in [0.2, 0.25) is 0 Å². The fraction of sp³-hybridized carbons (Fsp3) is 0.667. The molecule has 1 aromatic rings. The topological polar surface area (TPSA) is 32.3 Å². The van der Waals surface area contributed by atoms with Gasteiger partial charge in [-0.15, -0.1) is 0 Å². The van der Waals surface area contributed by atoms with Crippen molar-refractivity contribution in [3.63, 3.8) is 0 Å². The molecule has 1 fully saturated rings. The molecule has 0 unspecified atom stereocenters. The second-order valence-electron chi connectivity index (χ2n) is 4.61. The average molecular weight is 220 g/mol. The van der Waals surface area contributed by atoms with Crippen molar-refractivity contribution in [2.75, 3.05) is 26.2 Å². The van der Waals surface area contributed by atoms with E-state index in [4.69, 9.17) is 0 Å². The van der Waals surface area contributed by atoms with Gasteiger partial charge in [0.2, 0.25) is 0 Å². The molecule has 0 aromatic carbocycles. The van der Waals surface area contributed by atoms with E-state index >= 15 is 0 Å². The molecule has 2 rings (SSSR count). The van der Waals surface area contributed by atoms with Gasteiger partial charge in [0, 0.05) is 45.0 Å². The van der Waals surface area contributed by atoms with Gasteiger partial charge in [0.1, 0.15) is 6.33 Å². The summed E-state index contributed by atoms with van der Waals surface area (Å²) in [6, 6.07) is 2.66. The molecule has 16 heavy (non-hydrogen) atoms. The average Bonchev–Trinajstić information content (AvgIpc) is 2.31. The molecule has 0 atom stereocenters. The van der Waals surface area contributed by atoms with Crippen LogP contribution in [0, 0.1) is 0 Å². The van der Waals surface area contributed by atoms with E-state index in [1.165, 1.54) is 13.1 Å². The maximum absolute atomic E-state index is 4.26. The first kappa shape index (κ1) is 11.5. The number of rotatable bonds is 3. The van der Waals surface area contributed by atoms with Crippen molar-refractivity contribution in [2.45, 2.75) is 26.4 Å². The summed E-state index contributed by atoms with van der Waals surface area (Å²) in [5.74, 6) is 0. The molecule has 1 saturated heterocycles. The smallest absolute Gasteiger partial charge is 0.115 e. The molecule has 0 bridgehead atoms. The first-order chi connectivity index (χ1) is 7.75. The van der Waals surface area contributed by atoms with Crippen LogP contribution in [0.25, 0.3) is 0 Å². The highest BCUT2D eigenvalue weighted by molar-refractivity contribution is 4.97. The molecule has 1 aliphatic heterocycles. The highest BCUT2D eigenvalue weighted by Gasteiger charge is 2.18. The van der Waals surface area contributed by atoms with Crippen LogP contribution in [0.3, 0.4) is 0 Å². The van der Waals surface area contributed by atoms with Gasteiger partial charge in [0.25, 0.3) is 0 Å². The first-order valence-electron chi connectivity index (χ1n) is 5.97. The van der Waals surface area contributed by atoms with Gasteiger partial charge < -0.3 is 0 Å². The van der Waals surface area contributed by atoms with Gasteiger partial charge >= 0.3 is 0 Å². The lowest BCUT2D eigenvalue weighted by molar-refractivity contribution is 0.103. The minimum atomic E-state index is 0.668. The molecule has 0 radical (unpaired) electrons. The van der Waals surface area contributed by atoms with Crippen molar-refractivity contribution in [3.8, 4) is 0 Å². The Morgan fingerprint density at radius 3 is 2.56 bits per heavy atom. The Bertz CT molecular complexity index is 304. The maximum atomic E-state index is 4.26. The lowest BCUT2D eigenvalue weighted by atomic mass is 10.2. The molecule has 4 heteroatoms. The summed E-state index contributed by atoms with van der Waals surface area (Å²) in [5.41, 5.74) is 1.12. The van der Waals surface area contributed by atoms with Crippen LogP contribution in [-0.2, 0) is 6.54 Å². The zero-order valence-corrected chi connectivity index (χ0v) is 10.1. The molecule has 0 N–H and O–H groups in total. The highest BCUT2D eigenvalue weighted by atomic mass is 15.3. The molecule has 0 saturated carbocycles. The second kappa shape index (κ2) is 5.37. The van der Waals surface area contributed by atoms with E-state index in [9.17, 15) is 0 Å². The highest BCUT2D eigenvalue weighted by Crippen LogP contribution is 2.08. The monoisotopic (exact) mass is 220 g/mol. The van der Waals surface area contributed by atoms with E-state index in [2.05, 4.69) is 33.6 Å². The van der Waals surface area contributed by atoms with Crippen LogP contribution in [0.1, 0.15) is 19.5 Å². The van der Waals surface area contributed by atoms with Crippen molar-refractivity contribution in [1.29, 1.82) is 0 Å². The van der Waals surface area contributed by atoms with Gasteiger partial charge in [0.15, 0.2) is 0 Å². The van der Waals surface area contributed by atoms with Crippen LogP contribution in [0.4, 0.5) is 0 Å². The Hall–Kier alpha value is -1.00. The van der Waals surface area contributed by atoms with Gasteiger partial charge in [-0.2, -0.15) is 0 Å². The summed E-state index contributed by atoms with van der Waals surface area (Å²) >= 11 is 0. The number of hydrogen-bond acceptors (Lipinski definition) is 4. The van der Waals surface area contributed by atoms with E-state index in [1.54, 1.807) is 6.33 Å². The maximum Gasteiger partial charge on any atom is 0.115 e. The van der Waals surface area contributed by atoms with Crippen LogP contribution in [0.5, 0.6) is 0 Å². The fourth-order valence-electron chi connectivity index (χ4n) is 2.08. The van der Waals surface area contributed by atoms with Crippen LogP contribution in [0.15, 0.2) is 18.6 Å². The molecule has 1 aliphatic rings. The summed E-state index contributed by atoms with van der Waals surface area (Å²) in [6.45, 7) is 10.1. The number of nitrogens with zero attached hydrogens (tertiary/aromatic N) is 4. The third-order valence-electron chi connectivity index (χ3n) is 3.17. The lowest BCUT2D eigenvalue weighted by Gasteiger charge is -2.36. The molecule has 0 spiro atoms. The minimum absolute atomic E-state index is 0.668. The van der Waals surface area contributed by atoms with Crippen LogP contribution < -0.4 is 0 Å². The summed E-state index contributed by atoms with van der Waals surface area (Å²) in [4.78, 5) is 13.2. The van der Waals surface area contributed by atoms with Crippen molar-refractivity contribution in [1.82, 2.24) is 19.8 Å². The van der Waals surface area contributed by atoms with E-state index < -0.39 is 0 Å². The molecule has 0 amide bonds. The van der Waals surface area contributed by atoms with Crippen molar-refractivity contribution in [2.24, 2.45) is 0 Å². The molecular formula is C12H20N4. The van der Waals surface area contributed by atoms with Crippen LogP contribution in [-0.4, -0.2) is 52.0 Å². The zero-order valence-electron chi connectivity index (χ0n) is 10.1. The predicted octanol–water partition coefficient (Wildman–Crippen LogP) is 1.00. The molecule has 4 nitrogen and oxygen atoms in total. The number of piperazine rings is 1. The SMILES string of the molecule is CC(C)N1CCN(Cc2ccncn2)CC1. The Morgan fingerprint density at radius 1 is 1.25 bits per heavy atom. The van der Waals surface area contributed by atoms with Gasteiger partial charge in [-0.25, -0.2) is 9.97 Å². The van der Waals surface area contributed by atoms with Gasteiger partial charge in [-0.3, -0.25) is 9.80 Å². The van der Waals surface area contributed by atoms with Gasteiger partial charge in [-0.1, -0.05) is 0 Å². The number of aromatic nitrogens is 2. The summed E-state index contributed by atoms with van der Waals surface area (Å²) < 4.78 is 0. The zero-order chi connectivity index (χ0) is 11.4.